The van der Waals surface area contributed by atoms with Crippen LogP contribution in [0.2, 0.25) is 0 Å². The SMILES string of the molecule is c1ccc(-c2cc(N(c3ccc4c(c3)-c3cccc5cccc-4c35)c3ccc4oc5ccccc5c4c3)ccc2-n2c3ccccc3c3ccccc32)cc1. The van der Waals surface area contributed by atoms with Crippen LogP contribution < -0.4 is 4.90 Å². The van der Waals surface area contributed by atoms with Crippen LogP contribution in [0.15, 0.2) is 199 Å². The van der Waals surface area contributed by atoms with Crippen LogP contribution in [0.4, 0.5) is 17.1 Å². The molecule has 2 aromatic heterocycles. The second-order valence-electron chi connectivity index (χ2n) is 14.5. The second-order valence-corrected chi connectivity index (χ2v) is 14.5. The van der Waals surface area contributed by atoms with Gasteiger partial charge in [0.1, 0.15) is 11.2 Å². The zero-order valence-electron chi connectivity index (χ0n) is 29.8. The Balaban J connectivity index is 1.12. The summed E-state index contributed by atoms with van der Waals surface area (Å²) < 4.78 is 8.74. The van der Waals surface area contributed by atoms with E-state index in [1.54, 1.807) is 0 Å². The maximum atomic E-state index is 6.31. The molecule has 0 saturated heterocycles. The molecule has 0 unspecified atom stereocenters. The molecule has 0 N–H and O–H groups in total. The molecule has 1 aliphatic carbocycles. The predicted molar refractivity (Wildman–Crippen MR) is 230 cm³/mol. The van der Waals surface area contributed by atoms with Crippen molar-refractivity contribution in [2.24, 2.45) is 0 Å². The van der Waals surface area contributed by atoms with E-state index in [0.717, 1.165) is 55.8 Å². The van der Waals surface area contributed by atoms with Crippen molar-refractivity contribution >= 4 is 71.6 Å². The van der Waals surface area contributed by atoms with Gasteiger partial charge in [-0.25, -0.2) is 0 Å². The van der Waals surface area contributed by atoms with E-state index in [4.69, 9.17) is 4.42 Å². The number of benzene rings is 9. The number of rotatable bonds is 5. The van der Waals surface area contributed by atoms with Gasteiger partial charge >= 0.3 is 0 Å². The van der Waals surface area contributed by atoms with Crippen LogP contribution in [-0.2, 0) is 0 Å². The predicted octanol–water partition coefficient (Wildman–Crippen LogP) is 14.6. The third kappa shape index (κ3) is 4.44. The van der Waals surface area contributed by atoms with Crippen molar-refractivity contribution < 1.29 is 4.42 Å². The van der Waals surface area contributed by atoms with Crippen molar-refractivity contribution in [1.82, 2.24) is 4.57 Å². The van der Waals surface area contributed by atoms with Gasteiger partial charge < -0.3 is 13.9 Å². The summed E-state index contributed by atoms with van der Waals surface area (Å²) in [7, 11) is 0. The smallest absolute Gasteiger partial charge is 0.135 e. The number of para-hydroxylation sites is 3. The number of furan rings is 1. The Morgan fingerprint density at radius 1 is 0.364 bits per heavy atom. The average Bonchev–Trinajstić information content (AvgIpc) is 3.90. The first-order valence-corrected chi connectivity index (χ1v) is 18.8. The van der Waals surface area contributed by atoms with Gasteiger partial charge in [-0.2, -0.15) is 0 Å². The molecule has 2 heterocycles. The normalized spacial score (nSPS) is 12.0. The minimum Gasteiger partial charge on any atom is -0.456 e. The number of hydrogen-bond acceptors (Lipinski definition) is 2. The fraction of sp³-hybridized carbons (Fsp3) is 0. The van der Waals surface area contributed by atoms with Crippen molar-refractivity contribution in [1.29, 1.82) is 0 Å². The molecular formula is C52H32N2O. The first-order valence-electron chi connectivity index (χ1n) is 18.8. The Morgan fingerprint density at radius 2 is 0.945 bits per heavy atom. The fourth-order valence-corrected chi connectivity index (χ4v) is 9.11. The molecule has 3 nitrogen and oxygen atoms in total. The van der Waals surface area contributed by atoms with Crippen LogP contribution in [0.5, 0.6) is 0 Å². The van der Waals surface area contributed by atoms with Gasteiger partial charge in [0.2, 0.25) is 0 Å². The summed E-state index contributed by atoms with van der Waals surface area (Å²) in [4.78, 5) is 2.41. The van der Waals surface area contributed by atoms with Crippen molar-refractivity contribution in [3.63, 3.8) is 0 Å². The van der Waals surface area contributed by atoms with Crippen molar-refractivity contribution in [2.75, 3.05) is 4.90 Å². The zero-order chi connectivity index (χ0) is 36.0. The lowest BCUT2D eigenvalue weighted by Gasteiger charge is -2.28. The summed E-state index contributed by atoms with van der Waals surface area (Å²) in [5, 5.41) is 7.31. The maximum absolute atomic E-state index is 6.31. The van der Waals surface area contributed by atoms with Crippen molar-refractivity contribution in [3.05, 3.63) is 194 Å². The molecule has 256 valence electrons. The van der Waals surface area contributed by atoms with Gasteiger partial charge in [-0.15, -0.1) is 0 Å². The first kappa shape index (κ1) is 30.1. The van der Waals surface area contributed by atoms with E-state index in [1.165, 1.54) is 54.8 Å². The van der Waals surface area contributed by atoms with Crippen LogP contribution in [0.25, 0.3) is 93.6 Å². The van der Waals surface area contributed by atoms with Crippen LogP contribution in [0.1, 0.15) is 0 Å². The summed E-state index contributed by atoms with van der Waals surface area (Å²) in [6, 6.07) is 70.4. The summed E-state index contributed by atoms with van der Waals surface area (Å²) in [5.74, 6) is 0. The van der Waals surface area contributed by atoms with E-state index >= 15 is 0 Å². The minimum atomic E-state index is 0.882. The highest BCUT2D eigenvalue weighted by molar-refractivity contribution is 6.16. The summed E-state index contributed by atoms with van der Waals surface area (Å²) in [5.41, 5.74) is 16.0. The molecule has 3 heteroatoms. The van der Waals surface area contributed by atoms with Gasteiger partial charge in [-0.05, 0) is 105 Å². The Labute approximate surface area is 317 Å². The number of hydrogen-bond donors (Lipinski definition) is 0. The molecule has 1 aliphatic rings. The topological polar surface area (TPSA) is 21.3 Å². The van der Waals surface area contributed by atoms with E-state index in [1.807, 2.05) is 12.1 Å². The molecule has 0 aliphatic heterocycles. The Kier molecular flexibility index (Phi) is 6.34. The van der Waals surface area contributed by atoms with Crippen molar-refractivity contribution in [3.8, 4) is 39.1 Å². The van der Waals surface area contributed by atoms with E-state index in [2.05, 4.69) is 191 Å². The molecule has 0 fully saturated rings. The number of nitrogens with zero attached hydrogens (tertiary/aromatic N) is 2. The van der Waals surface area contributed by atoms with E-state index in [-0.39, 0.29) is 0 Å². The molecule has 0 spiro atoms. The molecule has 0 saturated carbocycles. The Bertz CT molecular complexity index is 3270. The highest BCUT2D eigenvalue weighted by atomic mass is 16.3. The van der Waals surface area contributed by atoms with Gasteiger partial charge in [0.15, 0.2) is 0 Å². The highest BCUT2D eigenvalue weighted by Gasteiger charge is 2.25. The monoisotopic (exact) mass is 700 g/mol. The average molecular weight is 701 g/mol. The molecule has 0 amide bonds. The third-order valence-corrected chi connectivity index (χ3v) is 11.5. The van der Waals surface area contributed by atoms with Gasteiger partial charge in [-0.3, -0.25) is 0 Å². The molecule has 0 atom stereocenters. The lowest BCUT2D eigenvalue weighted by atomic mass is 10.00. The third-order valence-electron chi connectivity index (χ3n) is 11.5. The van der Waals surface area contributed by atoms with Gasteiger partial charge in [0, 0.05) is 44.2 Å². The maximum Gasteiger partial charge on any atom is 0.135 e. The summed E-state index contributed by atoms with van der Waals surface area (Å²) in [6.45, 7) is 0. The first-order chi connectivity index (χ1) is 27.3. The van der Waals surface area contributed by atoms with Gasteiger partial charge in [0.25, 0.3) is 0 Å². The Morgan fingerprint density at radius 3 is 1.71 bits per heavy atom. The van der Waals surface area contributed by atoms with Crippen LogP contribution in [-0.4, -0.2) is 4.57 Å². The second kappa shape index (κ2) is 11.6. The molecule has 9 aromatic carbocycles. The fourth-order valence-electron chi connectivity index (χ4n) is 9.11. The lowest BCUT2D eigenvalue weighted by molar-refractivity contribution is 0.669. The quantitative estimate of drug-likeness (QED) is 0.178. The highest BCUT2D eigenvalue weighted by Crippen LogP contribution is 2.50. The number of aromatic nitrogens is 1. The van der Waals surface area contributed by atoms with E-state index in [0.29, 0.717) is 0 Å². The lowest BCUT2D eigenvalue weighted by Crippen LogP contribution is -2.11. The number of anilines is 3. The molecule has 0 radical (unpaired) electrons. The van der Waals surface area contributed by atoms with E-state index < -0.39 is 0 Å². The molecule has 12 rings (SSSR count). The van der Waals surface area contributed by atoms with E-state index in [9.17, 15) is 0 Å². The van der Waals surface area contributed by atoms with Gasteiger partial charge in [-0.1, -0.05) is 127 Å². The van der Waals surface area contributed by atoms with Crippen LogP contribution >= 0.6 is 0 Å². The summed E-state index contributed by atoms with van der Waals surface area (Å²) >= 11 is 0. The Hall–Kier alpha value is -7.36. The molecule has 55 heavy (non-hydrogen) atoms. The summed E-state index contributed by atoms with van der Waals surface area (Å²) in [6.07, 6.45) is 0. The standard InChI is InChI=1S/C52H32N2O/c1-2-12-33(13-3-1)44-30-36(25-28-49(44)54-47-21-7-4-16-39(47)40-17-5-8-22-48(40)54)53(37-26-29-51-46(32-37)41-18-6-9-23-50(41)55-51)35-24-27-38-42-19-10-14-34-15-11-20-43(52(34)42)45(38)31-35/h1-32H. The minimum absolute atomic E-state index is 0.882. The van der Waals surface area contributed by atoms with Crippen LogP contribution in [0, 0.1) is 0 Å². The van der Waals surface area contributed by atoms with Crippen LogP contribution in [0.3, 0.4) is 0 Å². The van der Waals surface area contributed by atoms with Crippen molar-refractivity contribution in [2.45, 2.75) is 0 Å². The molecule has 0 bridgehead atoms. The zero-order valence-corrected chi connectivity index (χ0v) is 29.8. The molecular weight excluding hydrogens is 669 g/mol. The largest absolute Gasteiger partial charge is 0.456 e. The molecule has 11 aromatic rings. The number of fused-ring (bicyclic) bond motifs is 9. The van der Waals surface area contributed by atoms with Gasteiger partial charge in [0.05, 0.1) is 16.7 Å².